The zero-order valence-electron chi connectivity index (χ0n) is 17.2. The highest BCUT2D eigenvalue weighted by atomic mass is 16.5. The van der Waals surface area contributed by atoms with E-state index in [1.54, 1.807) is 0 Å². The number of amides is 1. The molecular formula is C24H31N3O2. The molecule has 2 aliphatic rings. The summed E-state index contributed by atoms with van der Waals surface area (Å²) in [6.07, 6.45) is 7.19. The SMILES string of the molecule is CC(c1ccncc1)N1CCC(NC(=O)C2(c3ccccc3)CCOCC2)CC1. The zero-order chi connectivity index (χ0) is 20.1. The van der Waals surface area contributed by atoms with Crippen molar-refractivity contribution in [3.63, 3.8) is 0 Å². The maximum Gasteiger partial charge on any atom is 0.231 e. The Morgan fingerprint density at radius 1 is 1.10 bits per heavy atom. The number of rotatable bonds is 5. The van der Waals surface area contributed by atoms with Crippen molar-refractivity contribution in [1.29, 1.82) is 0 Å². The smallest absolute Gasteiger partial charge is 0.231 e. The second-order valence-electron chi connectivity index (χ2n) is 8.30. The van der Waals surface area contributed by atoms with Crippen molar-refractivity contribution in [1.82, 2.24) is 15.2 Å². The molecule has 3 heterocycles. The van der Waals surface area contributed by atoms with Crippen LogP contribution in [-0.2, 0) is 14.9 Å². The molecule has 0 radical (unpaired) electrons. The van der Waals surface area contributed by atoms with Gasteiger partial charge in [-0.3, -0.25) is 14.7 Å². The lowest BCUT2D eigenvalue weighted by Crippen LogP contribution is -2.53. The van der Waals surface area contributed by atoms with Crippen molar-refractivity contribution in [3.8, 4) is 0 Å². The van der Waals surface area contributed by atoms with E-state index in [0.29, 0.717) is 19.3 Å². The lowest BCUT2D eigenvalue weighted by molar-refractivity contribution is -0.131. The van der Waals surface area contributed by atoms with E-state index in [1.807, 2.05) is 30.6 Å². The van der Waals surface area contributed by atoms with Crippen LogP contribution in [0, 0.1) is 0 Å². The van der Waals surface area contributed by atoms with Crippen LogP contribution in [0.3, 0.4) is 0 Å². The molecule has 5 heteroatoms. The molecule has 1 aromatic heterocycles. The minimum Gasteiger partial charge on any atom is -0.381 e. The predicted molar refractivity (Wildman–Crippen MR) is 114 cm³/mol. The van der Waals surface area contributed by atoms with Gasteiger partial charge in [0.1, 0.15) is 0 Å². The van der Waals surface area contributed by atoms with Crippen molar-refractivity contribution in [2.45, 2.75) is 50.1 Å². The van der Waals surface area contributed by atoms with Crippen LogP contribution in [0.1, 0.15) is 49.8 Å². The molecule has 1 N–H and O–H groups in total. The Kier molecular flexibility index (Phi) is 6.26. The summed E-state index contributed by atoms with van der Waals surface area (Å²) in [6, 6.07) is 15.0. The summed E-state index contributed by atoms with van der Waals surface area (Å²) >= 11 is 0. The fourth-order valence-electron chi connectivity index (χ4n) is 4.73. The van der Waals surface area contributed by atoms with E-state index in [1.165, 1.54) is 5.56 Å². The van der Waals surface area contributed by atoms with Gasteiger partial charge in [-0.1, -0.05) is 30.3 Å². The maximum absolute atomic E-state index is 13.4. The van der Waals surface area contributed by atoms with Crippen LogP contribution in [-0.4, -0.2) is 48.1 Å². The van der Waals surface area contributed by atoms with Gasteiger partial charge in [-0.2, -0.15) is 0 Å². The summed E-state index contributed by atoms with van der Waals surface area (Å²) in [5, 5.41) is 3.40. The lowest BCUT2D eigenvalue weighted by atomic mass is 9.73. The molecule has 2 saturated heterocycles. The number of aromatic nitrogens is 1. The van der Waals surface area contributed by atoms with Crippen molar-refractivity contribution in [3.05, 3.63) is 66.0 Å². The van der Waals surface area contributed by atoms with Gasteiger partial charge in [0.05, 0.1) is 5.41 Å². The molecule has 1 aromatic carbocycles. The molecule has 2 aliphatic heterocycles. The Morgan fingerprint density at radius 3 is 2.41 bits per heavy atom. The number of nitrogens with zero attached hydrogens (tertiary/aromatic N) is 2. The normalized spacial score (nSPS) is 21.4. The summed E-state index contributed by atoms with van der Waals surface area (Å²) in [5.74, 6) is 0.174. The highest BCUT2D eigenvalue weighted by molar-refractivity contribution is 5.88. The molecule has 29 heavy (non-hydrogen) atoms. The van der Waals surface area contributed by atoms with Gasteiger partial charge in [-0.25, -0.2) is 0 Å². The Morgan fingerprint density at radius 2 is 1.76 bits per heavy atom. The van der Waals surface area contributed by atoms with Crippen molar-refractivity contribution >= 4 is 5.91 Å². The number of pyridine rings is 1. The zero-order valence-corrected chi connectivity index (χ0v) is 17.2. The summed E-state index contributed by atoms with van der Waals surface area (Å²) in [7, 11) is 0. The van der Waals surface area contributed by atoms with Gasteiger partial charge in [0.15, 0.2) is 0 Å². The molecule has 1 unspecified atom stereocenters. The summed E-state index contributed by atoms with van der Waals surface area (Å²) in [4.78, 5) is 20.1. The molecule has 0 aliphatic carbocycles. The Labute approximate surface area is 173 Å². The summed E-state index contributed by atoms with van der Waals surface area (Å²) in [5.41, 5.74) is 1.96. The number of likely N-dealkylation sites (tertiary alicyclic amines) is 1. The van der Waals surface area contributed by atoms with Crippen LogP contribution in [0.15, 0.2) is 54.9 Å². The van der Waals surface area contributed by atoms with Crippen molar-refractivity contribution in [2.24, 2.45) is 0 Å². The van der Waals surface area contributed by atoms with Crippen molar-refractivity contribution in [2.75, 3.05) is 26.3 Å². The lowest BCUT2D eigenvalue weighted by Gasteiger charge is -2.40. The monoisotopic (exact) mass is 393 g/mol. The molecule has 0 bridgehead atoms. The van der Waals surface area contributed by atoms with Gasteiger partial charge in [0.25, 0.3) is 0 Å². The van der Waals surface area contributed by atoms with Gasteiger partial charge in [-0.05, 0) is 55.9 Å². The van der Waals surface area contributed by atoms with E-state index in [0.717, 1.165) is 44.3 Å². The largest absolute Gasteiger partial charge is 0.381 e. The van der Waals surface area contributed by atoms with Crippen molar-refractivity contribution < 1.29 is 9.53 Å². The first-order valence-electron chi connectivity index (χ1n) is 10.8. The van der Waals surface area contributed by atoms with Gasteiger partial charge in [0.2, 0.25) is 5.91 Å². The highest BCUT2D eigenvalue weighted by Gasteiger charge is 2.42. The molecule has 0 spiro atoms. The number of ether oxygens (including phenoxy) is 1. The van der Waals surface area contributed by atoms with Crippen LogP contribution in [0.25, 0.3) is 0 Å². The average molecular weight is 394 g/mol. The molecule has 2 fully saturated rings. The molecular weight excluding hydrogens is 362 g/mol. The van der Waals surface area contributed by atoms with E-state index in [9.17, 15) is 4.79 Å². The van der Waals surface area contributed by atoms with E-state index in [4.69, 9.17) is 4.74 Å². The topological polar surface area (TPSA) is 54.5 Å². The third-order valence-corrected chi connectivity index (χ3v) is 6.71. The minimum atomic E-state index is -0.457. The van der Waals surface area contributed by atoms with E-state index in [2.05, 4.69) is 46.4 Å². The Balaban J connectivity index is 1.39. The molecule has 4 rings (SSSR count). The second kappa shape index (κ2) is 9.06. The van der Waals surface area contributed by atoms with Crippen LogP contribution in [0.4, 0.5) is 0 Å². The van der Waals surface area contributed by atoms with E-state index >= 15 is 0 Å². The Hall–Kier alpha value is -2.24. The predicted octanol–water partition coefficient (Wildman–Crippen LogP) is 3.47. The van der Waals surface area contributed by atoms with Gasteiger partial charge in [-0.15, -0.1) is 0 Å². The van der Waals surface area contributed by atoms with Crippen LogP contribution in [0.5, 0.6) is 0 Å². The number of carbonyl (C=O) groups excluding carboxylic acids is 1. The quantitative estimate of drug-likeness (QED) is 0.845. The third-order valence-electron chi connectivity index (χ3n) is 6.71. The van der Waals surface area contributed by atoms with E-state index < -0.39 is 5.41 Å². The summed E-state index contributed by atoms with van der Waals surface area (Å²) in [6.45, 7) is 5.53. The molecule has 1 atom stereocenters. The number of benzene rings is 1. The molecule has 0 saturated carbocycles. The van der Waals surface area contributed by atoms with Gasteiger partial charge < -0.3 is 10.1 Å². The fourth-order valence-corrected chi connectivity index (χ4v) is 4.73. The highest BCUT2D eigenvalue weighted by Crippen LogP contribution is 2.35. The first-order chi connectivity index (χ1) is 14.2. The minimum absolute atomic E-state index is 0.174. The molecule has 2 aromatic rings. The molecule has 1 amide bonds. The molecule has 5 nitrogen and oxygen atoms in total. The fraction of sp³-hybridized carbons (Fsp3) is 0.500. The third kappa shape index (κ3) is 4.36. The number of nitrogens with one attached hydrogen (secondary N) is 1. The van der Waals surface area contributed by atoms with E-state index in [-0.39, 0.29) is 11.9 Å². The Bertz CT molecular complexity index is 782. The second-order valence-corrected chi connectivity index (χ2v) is 8.30. The molecule has 154 valence electrons. The summed E-state index contributed by atoms with van der Waals surface area (Å²) < 4.78 is 5.58. The van der Waals surface area contributed by atoms with Crippen LogP contribution in [0.2, 0.25) is 0 Å². The van der Waals surface area contributed by atoms with Gasteiger partial charge in [0, 0.05) is 50.8 Å². The first-order valence-corrected chi connectivity index (χ1v) is 10.8. The number of carbonyl (C=O) groups is 1. The number of hydrogen-bond acceptors (Lipinski definition) is 4. The van der Waals surface area contributed by atoms with Gasteiger partial charge >= 0.3 is 0 Å². The average Bonchev–Trinajstić information content (AvgIpc) is 2.80. The standard InChI is InChI=1S/C24H31N3O2/c1-19(20-7-13-25-14-8-20)27-15-9-22(10-16-27)26-23(28)24(11-17-29-18-12-24)21-5-3-2-4-6-21/h2-8,13-14,19,22H,9-12,15-18H2,1H3,(H,26,28). The maximum atomic E-state index is 13.4. The van der Waals surface area contributed by atoms with Crippen LogP contribution >= 0.6 is 0 Å². The number of piperidine rings is 1. The number of hydrogen-bond donors (Lipinski definition) is 1. The first kappa shape index (κ1) is 20.0. The van der Waals surface area contributed by atoms with Crippen LogP contribution < -0.4 is 5.32 Å².